The zero-order chi connectivity index (χ0) is 18.1. The largest absolute Gasteiger partial charge is 0.393 e. The number of carbonyl (C=O) groups is 1. The molecule has 0 saturated heterocycles. The predicted molar refractivity (Wildman–Crippen MR) is 99.4 cm³/mol. The van der Waals surface area contributed by atoms with Crippen LogP contribution in [0.15, 0.2) is 30.4 Å². The summed E-state index contributed by atoms with van der Waals surface area (Å²) in [5, 5.41) is 10.1. The number of Topliss-reactive ketones (excluding diaryl/α,β-unsaturated/α-hetero) is 1. The number of imidazole rings is 1. The van der Waals surface area contributed by atoms with Crippen LogP contribution in [0.2, 0.25) is 0 Å². The molecule has 4 aliphatic rings. The lowest BCUT2D eigenvalue weighted by Crippen LogP contribution is -2.50. The lowest BCUT2D eigenvalue weighted by molar-refractivity contribution is -0.133. The third-order valence-corrected chi connectivity index (χ3v) is 8.69. The van der Waals surface area contributed by atoms with Crippen LogP contribution in [0.25, 0.3) is 0 Å². The van der Waals surface area contributed by atoms with Crippen LogP contribution in [0.1, 0.15) is 64.8 Å². The van der Waals surface area contributed by atoms with E-state index >= 15 is 0 Å². The topological polar surface area (TPSA) is 55.1 Å². The fourth-order valence-electron chi connectivity index (χ4n) is 7.14. The minimum absolute atomic E-state index is 0.0300. The summed E-state index contributed by atoms with van der Waals surface area (Å²) in [4.78, 5) is 17.5. The van der Waals surface area contributed by atoms with Crippen LogP contribution in [-0.2, 0) is 4.79 Å². The summed E-state index contributed by atoms with van der Waals surface area (Å²) in [5.74, 6) is 2.18. The van der Waals surface area contributed by atoms with E-state index in [1.54, 1.807) is 6.20 Å². The van der Waals surface area contributed by atoms with Gasteiger partial charge in [0.05, 0.1) is 18.5 Å². The molecule has 1 aromatic heterocycles. The maximum absolute atomic E-state index is 13.3. The standard InChI is InChI=1S/C22H30N2O2/c1-21-7-5-15(25)11-14(21)3-4-16-17(21)6-8-22(2)18(16)12-19(20(22)26)24-10-9-23-13-24/h3,9-10,13,15-19,25H,4-8,11-12H2,1-2H3. The van der Waals surface area contributed by atoms with Gasteiger partial charge in [-0.15, -0.1) is 0 Å². The number of hydrogen-bond acceptors (Lipinski definition) is 3. The zero-order valence-corrected chi connectivity index (χ0v) is 15.9. The van der Waals surface area contributed by atoms with Crippen LogP contribution in [0.4, 0.5) is 0 Å². The van der Waals surface area contributed by atoms with Gasteiger partial charge in [0, 0.05) is 17.8 Å². The molecular formula is C22H30N2O2. The van der Waals surface area contributed by atoms with Gasteiger partial charge in [0.25, 0.3) is 0 Å². The van der Waals surface area contributed by atoms with Crippen LogP contribution in [0, 0.1) is 28.6 Å². The Bertz CT molecular complexity index is 754. The number of hydrogen-bond donors (Lipinski definition) is 1. The lowest BCUT2D eigenvalue weighted by Gasteiger charge is -2.56. The summed E-state index contributed by atoms with van der Waals surface area (Å²) in [6.07, 6.45) is 14.9. The minimum Gasteiger partial charge on any atom is -0.393 e. The molecule has 5 rings (SSSR count). The molecule has 0 aliphatic heterocycles. The van der Waals surface area contributed by atoms with Gasteiger partial charge in [0.1, 0.15) is 0 Å². The first-order chi connectivity index (χ1) is 12.4. The highest BCUT2D eigenvalue weighted by Crippen LogP contribution is 2.65. The normalized spacial score (nSPS) is 47.7. The van der Waals surface area contributed by atoms with Crippen LogP contribution in [-0.4, -0.2) is 26.5 Å². The summed E-state index contributed by atoms with van der Waals surface area (Å²) >= 11 is 0. The van der Waals surface area contributed by atoms with Crippen LogP contribution >= 0.6 is 0 Å². The number of aliphatic hydroxyl groups is 1. The van der Waals surface area contributed by atoms with Crippen molar-refractivity contribution in [2.75, 3.05) is 0 Å². The van der Waals surface area contributed by atoms with Crippen molar-refractivity contribution in [3.63, 3.8) is 0 Å². The highest BCUT2D eigenvalue weighted by Gasteiger charge is 2.61. The van der Waals surface area contributed by atoms with E-state index in [2.05, 4.69) is 24.9 Å². The number of carbonyl (C=O) groups excluding carboxylic acids is 1. The molecule has 1 aromatic rings. The maximum atomic E-state index is 13.3. The molecule has 3 fully saturated rings. The number of fused-ring (bicyclic) bond motifs is 5. The minimum atomic E-state index is -0.175. The third kappa shape index (κ3) is 2.11. The van der Waals surface area contributed by atoms with Gasteiger partial charge in [-0.3, -0.25) is 4.79 Å². The van der Waals surface area contributed by atoms with Gasteiger partial charge in [-0.05, 0) is 68.1 Å². The van der Waals surface area contributed by atoms with E-state index in [9.17, 15) is 9.90 Å². The number of ketones is 1. The summed E-state index contributed by atoms with van der Waals surface area (Å²) in [5.41, 5.74) is 1.56. The van der Waals surface area contributed by atoms with E-state index < -0.39 is 0 Å². The highest BCUT2D eigenvalue weighted by molar-refractivity contribution is 5.91. The van der Waals surface area contributed by atoms with Gasteiger partial charge >= 0.3 is 0 Å². The highest BCUT2D eigenvalue weighted by atomic mass is 16.3. The smallest absolute Gasteiger partial charge is 0.161 e. The van der Waals surface area contributed by atoms with Gasteiger partial charge in [-0.1, -0.05) is 25.5 Å². The van der Waals surface area contributed by atoms with Crippen molar-refractivity contribution in [3.05, 3.63) is 30.4 Å². The SMILES string of the molecule is CC12CCC3C(CC=C4CC(O)CCC43C)C1CC(n1ccnc1)C2=O. The molecule has 7 unspecified atom stereocenters. The number of aliphatic hydroxyl groups excluding tert-OH is 1. The van der Waals surface area contributed by atoms with E-state index in [1.165, 1.54) is 5.57 Å². The molecule has 4 heteroatoms. The maximum Gasteiger partial charge on any atom is 0.161 e. The molecule has 0 aromatic carbocycles. The summed E-state index contributed by atoms with van der Waals surface area (Å²) in [6.45, 7) is 4.67. The van der Waals surface area contributed by atoms with Crippen molar-refractivity contribution in [3.8, 4) is 0 Å². The van der Waals surface area contributed by atoms with Crippen molar-refractivity contribution >= 4 is 5.78 Å². The van der Waals surface area contributed by atoms with Crippen LogP contribution < -0.4 is 0 Å². The molecule has 3 saturated carbocycles. The average Bonchev–Trinajstić information content (AvgIpc) is 3.23. The molecule has 4 nitrogen and oxygen atoms in total. The Kier molecular flexibility index (Phi) is 3.57. The van der Waals surface area contributed by atoms with E-state index in [0.29, 0.717) is 23.5 Å². The first-order valence-corrected chi connectivity index (χ1v) is 10.3. The van der Waals surface area contributed by atoms with Crippen molar-refractivity contribution < 1.29 is 9.90 Å². The van der Waals surface area contributed by atoms with Gasteiger partial charge in [0.15, 0.2) is 5.78 Å². The van der Waals surface area contributed by atoms with Crippen LogP contribution in [0.5, 0.6) is 0 Å². The Balaban J connectivity index is 1.50. The Morgan fingerprint density at radius 2 is 2.00 bits per heavy atom. The Hall–Kier alpha value is -1.42. The quantitative estimate of drug-likeness (QED) is 0.778. The first kappa shape index (κ1) is 16.7. The molecule has 1 N–H and O–H groups in total. The summed E-state index contributed by atoms with van der Waals surface area (Å²) in [6, 6.07) is -0.0300. The average molecular weight is 354 g/mol. The molecule has 1 heterocycles. The van der Waals surface area contributed by atoms with E-state index in [-0.39, 0.29) is 23.0 Å². The molecule has 0 spiro atoms. The van der Waals surface area contributed by atoms with Crippen molar-refractivity contribution in [1.82, 2.24) is 9.55 Å². The number of allylic oxidation sites excluding steroid dienone is 1. The molecule has 0 bridgehead atoms. The molecule has 26 heavy (non-hydrogen) atoms. The molecule has 0 amide bonds. The predicted octanol–water partition coefficient (Wildman–Crippen LogP) is 3.93. The Labute approximate surface area is 155 Å². The number of nitrogens with zero attached hydrogens (tertiary/aromatic N) is 2. The Morgan fingerprint density at radius 1 is 1.19 bits per heavy atom. The van der Waals surface area contributed by atoms with Gasteiger partial charge in [0.2, 0.25) is 0 Å². The van der Waals surface area contributed by atoms with Crippen LogP contribution in [0.3, 0.4) is 0 Å². The Morgan fingerprint density at radius 3 is 2.77 bits per heavy atom. The fourth-order valence-corrected chi connectivity index (χ4v) is 7.14. The van der Waals surface area contributed by atoms with Gasteiger partial charge in [-0.25, -0.2) is 4.98 Å². The second-order valence-corrected chi connectivity index (χ2v) is 9.74. The van der Waals surface area contributed by atoms with Crippen molar-refractivity contribution in [1.29, 1.82) is 0 Å². The van der Waals surface area contributed by atoms with Gasteiger partial charge in [-0.2, -0.15) is 0 Å². The number of rotatable bonds is 1. The molecular weight excluding hydrogens is 324 g/mol. The molecule has 4 aliphatic carbocycles. The third-order valence-electron chi connectivity index (χ3n) is 8.69. The summed E-state index contributed by atoms with van der Waals surface area (Å²) in [7, 11) is 0. The molecule has 7 atom stereocenters. The zero-order valence-electron chi connectivity index (χ0n) is 15.9. The van der Waals surface area contributed by atoms with Crippen molar-refractivity contribution in [2.24, 2.45) is 28.6 Å². The lowest BCUT2D eigenvalue weighted by atomic mass is 9.48. The second kappa shape index (κ2) is 5.54. The van der Waals surface area contributed by atoms with E-state index in [1.807, 2.05) is 17.1 Å². The monoisotopic (exact) mass is 354 g/mol. The molecule has 140 valence electrons. The first-order valence-electron chi connectivity index (χ1n) is 10.3. The van der Waals surface area contributed by atoms with Gasteiger partial charge < -0.3 is 9.67 Å². The summed E-state index contributed by atoms with van der Waals surface area (Å²) < 4.78 is 2.03. The molecule has 0 radical (unpaired) electrons. The number of aromatic nitrogens is 2. The van der Waals surface area contributed by atoms with Crippen molar-refractivity contribution in [2.45, 2.75) is 70.9 Å². The van der Waals surface area contributed by atoms with E-state index in [4.69, 9.17) is 0 Å². The fraction of sp³-hybridized carbons (Fsp3) is 0.727. The second-order valence-electron chi connectivity index (χ2n) is 9.74. The van der Waals surface area contributed by atoms with E-state index in [0.717, 1.165) is 44.9 Å².